The van der Waals surface area contributed by atoms with Crippen LogP contribution in [-0.2, 0) is 14.3 Å². The SMILES string of the molecule is CCC/C=C\C/C=C\CCCCCCCC(=O)OCCCCCCCCCCC/C=C\C/C=C\CCCCCCCCCC(=O)NC(CO)C(O)CCCCCCCCCCCCCCCCCC. The Morgan fingerprint density at radius 2 is 0.754 bits per heavy atom. The van der Waals surface area contributed by atoms with Gasteiger partial charge in [0.05, 0.1) is 25.4 Å². The number of hydrogen-bond acceptors (Lipinski definition) is 5. The third kappa shape index (κ3) is 55.0. The van der Waals surface area contributed by atoms with Crippen LogP contribution in [0.4, 0.5) is 0 Å². The summed E-state index contributed by atoms with van der Waals surface area (Å²) >= 11 is 0. The zero-order chi connectivity index (χ0) is 50.0. The van der Waals surface area contributed by atoms with E-state index in [-0.39, 0.29) is 18.5 Å². The molecule has 0 aliphatic heterocycles. The monoisotopic (exact) mass is 968 g/mol. The second kappa shape index (κ2) is 58.4. The summed E-state index contributed by atoms with van der Waals surface area (Å²) in [5.41, 5.74) is 0. The van der Waals surface area contributed by atoms with Crippen molar-refractivity contribution < 1.29 is 24.5 Å². The molecule has 0 radical (unpaired) electrons. The van der Waals surface area contributed by atoms with E-state index in [4.69, 9.17) is 4.74 Å². The molecule has 0 heterocycles. The van der Waals surface area contributed by atoms with Crippen molar-refractivity contribution in [2.24, 2.45) is 0 Å². The van der Waals surface area contributed by atoms with E-state index in [1.807, 2.05) is 0 Å². The molecule has 0 spiro atoms. The Morgan fingerprint density at radius 3 is 1.16 bits per heavy atom. The number of unbranched alkanes of at least 4 members (excludes halogenated alkanes) is 37. The number of rotatable bonds is 56. The van der Waals surface area contributed by atoms with E-state index in [0.29, 0.717) is 25.9 Å². The predicted molar refractivity (Wildman–Crippen MR) is 301 cm³/mol. The third-order valence-electron chi connectivity index (χ3n) is 13.8. The molecule has 6 heteroatoms. The summed E-state index contributed by atoms with van der Waals surface area (Å²) in [6.45, 7) is 4.88. The molecule has 0 aromatic rings. The summed E-state index contributed by atoms with van der Waals surface area (Å²) < 4.78 is 5.46. The summed E-state index contributed by atoms with van der Waals surface area (Å²) in [4.78, 5) is 24.5. The quantitative estimate of drug-likeness (QED) is 0.0321. The molecule has 0 fully saturated rings. The molecule has 1 amide bonds. The summed E-state index contributed by atoms with van der Waals surface area (Å²) in [6, 6.07) is -0.550. The van der Waals surface area contributed by atoms with Gasteiger partial charge < -0.3 is 20.3 Å². The summed E-state index contributed by atoms with van der Waals surface area (Å²) in [7, 11) is 0. The lowest BCUT2D eigenvalue weighted by molar-refractivity contribution is -0.143. The number of allylic oxidation sites excluding steroid dienone is 8. The lowest BCUT2D eigenvalue weighted by Gasteiger charge is -2.22. The van der Waals surface area contributed by atoms with Crippen molar-refractivity contribution in [3.8, 4) is 0 Å². The van der Waals surface area contributed by atoms with Crippen LogP contribution in [0.2, 0.25) is 0 Å². The highest BCUT2D eigenvalue weighted by molar-refractivity contribution is 5.76. The van der Waals surface area contributed by atoms with E-state index in [0.717, 1.165) is 70.6 Å². The first kappa shape index (κ1) is 66.8. The van der Waals surface area contributed by atoms with Crippen LogP contribution in [0.15, 0.2) is 48.6 Å². The first-order valence-corrected chi connectivity index (χ1v) is 30.4. The molecule has 0 aliphatic carbocycles. The van der Waals surface area contributed by atoms with Gasteiger partial charge in [-0.2, -0.15) is 0 Å². The van der Waals surface area contributed by atoms with E-state index in [1.54, 1.807) is 0 Å². The minimum Gasteiger partial charge on any atom is -0.466 e. The van der Waals surface area contributed by atoms with Crippen molar-refractivity contribution in [1.82, 2.24) is 5.32 Å². The second-order valence-electron chi connectivity index (χ2n) is 20.7. The highest BCUT2D eigenvalue weighted by Crippen LogP contribution is 2.17. The van der Waals surface area contributed by atoms with Crippen LogP contribution in [0.1, 0.15) is 316 Å². The molecule has 2 unspecified atom stereocenters. The number of carbonyl (C=O) groups excluding carboxylic acids is 2. The number of amides is 1. The average Bonchev–Trinajstić information content (AvgIpc) is 3.35. The highest BCUT2D eigenvalue weighted by Gasteiger charge is 2.20. The Balaban J connectivity index is 3.46. The van der Waals surface area contributed by atoms with Gasteiger partial charge in [0.15, 0.2) is 0 Å². The number of aliphatic hydroxyl groups excluding tert-OH is 2. The minimum absolute atomic E-state index is 0.00864. The van der Waals surface area contributed by atoms with Crippen molar-refractivity contribution in [3.05, 3.63) is 48.6 Å². The Hall–Kier alpha value is -2.18. The van der Waals surface area contributed by atoms with Crippen LogP contribution in [0, 0.1) is 0 Å². The first-order valence-electron chi connectivity index (χ1n) is 30.4. The molecule has 0 saturated carbocycles. The van der Waals surface area contributed by atoms with Gasteiger partial charge >= 0.3 is 5.97 Å². The normalized spacial score (nSPS) is 12.9. The Labute approximate surface area is 429 Å². The van der Waals surface area contributed by atoms with Crippen LogP contribution in [0.3, 0.4) is 0 Å². The fraction of sp³-hybridized carbons (Fsp3) is 0.841. The average molecular weight is 969 g/mol. The molecule has 0 bridgehead atoms. The van der Waals surface area contributed by atoms with Gasteiger partial charge in [-0.25, -0.2) is 0 Å². The molecular formula is C63H117NO5. The summed E-state index contributed by atoms with van der Waals surface area (Å²) in [6.07, 6.45) is 74.0. The molecular weight excluding hydrogens is 851 g/mol. The van der Waals surface area contributed by atoms with Gasteiger partial charge in [-0.05, 0) is 83.5 Å². The molecule has 404 valence electrons. The van der Waals surface area contributed by atoms with Gasteiger partial charge in [0, 0.05) is 12.8 Å². The van der Waals surface area contributed by atoms with Crippen molar-refractivity contribution in [2.75, 3.05) is 13.2 Å². The van der Waals surface area contributed by atoms with Crippen molar-refractivity contribution in [3.63, 3.8) is 0 Å². The molecule has 69 heavy (non-hydrogen) atoms. The largest absolute Gasteiger partial charge is 0.466 e. The minimum atomic E-state index is -0.672. The zero-order valence-electron chi connectivity index (χ0n) is 46.0. The fourth-order valence-electron chi connectivity index (χ4n) is 9.18. The number of nitrogens with one attached hydrogen (secondary N) is 1. The van der Waals surface area contributed by atoms with Crippen LogP contribution < -0.4 is 5.32 Å². The molecule has 0 aromatic heterocycles. The number of ether oxygens (including phenoxy) is 1. The van der Waals surface area contributed by atoms with Gasteiger partial charge in [0.25, 0.3) is 0 Å². The van der Waals surface area contributed by atoms with Crippen LogP contribution >= 0.6 is 0 Å². The molecule has 6 nitrogen and oxygen atoms in total. The first-order chi connectivity index (χ1) is 34.0. The van der Waals surface area contributed by atoms with Gasteiger partial charge in [-0.15, -0.1) is 0 Å². The van der Waals surface area contributed by atoms with Crippen LogP contribution in [0.25, 0.3) is 0 Å². The maximum absolute atomic E-state index is 12.5. The maximum atomic E-state index is 12.5. The topological polar surface area (TPSA) is 95.9 Å². The van der Waals surface area contributed by atoms with E-state index in [2.05, 4.69) is 67.8 Å². The van der Waals surface area contributed by atoms with E-state index < -0.39 is 12.1 Å². The molecule has 2 atom stereocenters. The molecule has 0 saturated heterocycles. The Bertz CT molecular complexity index is 1160. The number of aliphatic hydroxyl groups is 2. The molecule has 3 N–H and O–H groups in total. The highest BCUT2D eigenvalue weighted by atomic mass is 16.5. The Kier molecular flexibility index (Phi) is 56.5. The van der Waals surface area contributed by atoms with Crippen molar-refractivity contribution in [1.29, 1.82) is 0 Å². The molecule has 0 aliphatic rings. The summed E-state index contributed by atoms with van der Waals surface area (Å²) in [5.74, 6) is -0.0533. The van der Waals surface area contributed by atoms with Gasteiger partial charge in [-0.3, -0.25) is 9.59 Å². The Morgan fingerprint density at radius 1 is 0.406 bits per heavy atom. The maximum Gasteiger partial charge on any atom is 0.305 e. The van der Waals surface area contributed by atoms with Gasteiger partial charge in [0.2, 0.25) is 5.91 Å². The zero-order valence-corrected chi connectivity index (χ0v) is 46.0. The van der Waals surface area contributed by atoms with E-state index >= 15 is 0 Å². The van der Waals surface area contributed by atoms with E-state index in [1.165, 1.54) is 212 Å². The number of esters is 1. The molecule has 0 aromatic carbocycles. The number of carbonyl (C=O) groups is 2. The third-order valence-corrected chi connectivity index (χ3v) is 13.8. The van der Waals surface area contributed by atoms with Crippen molar-refractivity contribution >= 4 is 11.9 Å². The van der Waals surface area contributed by atoms with Crippen molar-refractivity contribution in [2.45, 2.75) is 328 Å². The lowest BCUT2D eigenvalue weighted by atomic mass is 10.0. The lowest BCUT2D eigenvalue weighted by Crippen LogP contribution is -2.45. The van der Waals surface area contributed by atoms with Gasteiger partial charge in [-0.1, -0.05) is 268 Å². The van der Waals surface area contributed by atoms with Crippen LogP contribution in [-0.4, -0.2) is 47.4 Å². The number of hydrogen-bond donors (Lipinski definition) is 3. The fourth-order valence-corrected chi connectivity index (χ4v) is 9.18. The van der Waals surface area contributed by atoms with E-state index in [9.17, 15) is 19.8 Å². The predicted octanol–water partition coefficient (Wildman–Crippen LogP) is 19.0. The van der Waals surface area contributed by atoms with Crippen LogP contribution in [0.5, 0.6) is 0 Å². The smallest absolute Gasteiger partial charge is 0.305 e. The second-order valence-corrected chi connectivity index (χ2v) is 20.7. The summed E-state index contributed by atoms with van der Waals surface area (Å²) in [5, 5.41) is 23.3. The standard InChI is InChI=1S/C63H117NO5/c1-3-5-7-9-11-13-15-17-18-28-32-35-39-43-47-51-55-61(66)60(59-65)64-62(67)56-52-48-44-40-36-33-29-26-24-22-20-19-21-23-25-27-30-34-38-42-46-50-54-58-69-63(68)57-53-49-45-41-37-31-16-14-12-10-8-6-4-2/h8,10,14,16,19,21-22,24,60-61,65-66H,3-7,9,11-13,15,17-18,20,23,25-59H2,1-2H3,(H,64,67)/b10-8-,16-14-,21-19-,24-22-. The van der Waals surface area contributed by atoms with Gasteiger partial charge in [0.1, 0.15) is 0 Å². The molecule has 0 rings (SSSR count).